The summed E-state index contributed by atoms with van der Waals surface area (Å²) in [6.07, 6.45) is 1.30. The average molecular weight is 374 g/mol. The van der Waals surface area contributed by atoms with Crippen LogP contribution in [-0.2, 0) is 17.6 Å². The molecule has 1 amide bonds. The van der Waals surface area contributed by atoms with E-state index < -0.39 is 0 Å². The van der Waals surface area contributed by atoms with Crippen LogP contribution in [0.5, 0.6) is 0 Å². The fourth-order valence-electron chi connectivity index (χ4n) is 3.26. The number of aryl methyl sites for hydroxylation is 1. The van der Waals surface area contributed by atoms with Gasteiger partial charge >= 0.3 is 0 Å². The molecule has 1 unspecified atom stereocenters. The Hall–Kier alpha value is -1.80. The third kappa shape index (κ3) is 5.11. The Kier molecular flexibility index (Phi) is 9.43. The summed E-state index contributed by atoms with van der Waals surface area (Å²) in [5, 5.41) is 0.679. The van der Waals surface area contributed by atoms with Gasteiger partial charge in [0.1, 0.15) is 0 Å². The lowest BCUT2D eigenvalue weighted by molar-refractivity contribution is -0.133. The maximum Gasteiger partial charge on any atom is 0.227 e. The Morgan fingerprint density at radius 3 is 2.38 bits per heavy atom. The van der Waals surface area contributed by atoms with Gasteiger partial charge in [0, 0.05) is 11.6 Å². The number of nitrogens with zero attached hydrogens (tertiary/aromatic N) is 1. The van der Waals surface area contributed by atoms with Gasteiger partial charge in [0.05, 0.1) is 12.5 Å². The Bertz CT molecular complexity index is 691. The van der Waals surface area contributed by atoms with Crippen molar-refractivity contribution in [3.05, 3.63) is 69.7 Å². The lowest BCUT2D eigenvalue weighted by atomic mass is 9.93. The lowest BCUT2D eigenvalue weighted by Crippen LogP contribution is -2.39. The molecule has 3 heteroatoms. The summed E-state index contributed by atoms with van der Waals surface area (Å²) >= 11 is 6.26. The normalized spacial score (nSPS) is 15.0. The zero-order valence-corrected chi connectivity index (χ0v) is 17.7. The Morgan fingerprint density at radius 2 is 1.73 bits per heavy atom. The molecule has 26 heavy (non-hydrogen) atoms. The quantitative estimate of drug-likeness (QED) is 0.597. The first kappa shape index (κ1) is 22.2. The molecule has 0 radical (unpaired) electrons. The fraction of sp³-hybridized carbons (Fsp3) is 0.435. The number of carbonyl (C=O) groups is 1. The predicted molar refractivity (Wildman–Crippen MR) is 113 cm³/mol. The van der Waals surface area contributed by atoms with E-state index >= 15 is 0 Å². The van der Waals surface area contributed by atoms with Crippen LogP contribution >= 0.6 is 11.6 Å². The second-order valence-electron chi connectivity index (χ2n) is 5.92. The highest BCUT2D eigenvalue weighted by atomic mass is 35.5. The van der Waals surface area contributed by atoms with E-state index in [9.17, 15) is 4.79 Å². The van der Waals surface area contributed by atoms with Gasteiger partial charge in [0.25, 0.3) is 0 Å². The molecule has 1 aliphatic heterocycles. The maximum atomic E-state index is 12.8. The summed E-state index contributed by atoms with van der Waals surface area (Å²) in [7, 11) is 0. The SMILES string of the molecule is CC.CC.Cc1cccc(Cl)c1CC(=O)N1CCc2ccccc2C1C. The van der Waals surface area contributed by atoms with Crippen LogP contribution in [0.1, 0.15) is 62.9 Å². The Morgan fingerprint density at radius 1 is 1.08 bits per heavy atom. The van der Waals surface area contributed by atoms with Gasteiger partial charge in [-0.15, -0.1) is 0 Å². The molecule has 3 rings (SSSR count). The van der Waals surface area contributed by atoms with Crippen molar-refractivity contribution in [3.8, 4) is 0 Å². The van der Waals surface area contributed by atoms with Gasteiger partial charge in [0.2, 0.25) is 5.91 Å². The van der Waals surface area contributed by atoms with E-state index in [4.69, 9.17) is 11.6 Å². The van der Waals surface area contributed by atoms with Crippen LogP contribution in [0, 0.1) is 6.92 Å². The molecule has 0 aliphatic carbocycles. The summed E-state index contributed by atoms with van der Waals surface area (Å²) in [5.41, 5.74) is 4.64. The third-order valence-corrected chi connectivity index (χ3v) is 4.95. The first-order valence-electron chi connectivity index (χ1n) is 9.69. The van der Waals surface area contributed by atoms with Crippen molar-refractivity contribution in [2.45, 2.75) is 60.4 Å². The Balaban J connectivity index is 0.000000791. The highest BCUT2D eigenvalue weighted by Crippen LogP contribution is 2.30. The average Bonchev–Trinajstić information content (AvgIpc) is 2.68. The second-order valence-corrected chi connectivity index (χ2v) is 6.33. The highest BCUT2D eigenvalue weighted by Gasteiger charge is 2.27. The molecule has 0 aromatic heterocycles. The number of halogens is 1. The topological polar surface area (TPSA) is 20.3 Å². The Labute approximate surface area is 164 Å². The van der Waals surface area contributed by atoms with Crippen molar-refractivity contribution in [2.24, 2.45) is 0 Å². The van der Waals surface area contributed by atoms with Crippen molar-refractivity contribution in [1.29, 1.82) is 0 Å². The molecule has 0 saturated carbocycles. The summed E-state index contributed by atoms with van der Waals surface area (Å²) in [6.45, 7) is 12.9. The van der Waals surface area contributed by atoms with Crippen LogP contribution in [0.25, 0.3) is 0 Å². The molecule has 2 nitrogen and oxygen atoms in total. The van der Waals surface area contributed by atoms with Crippen LogP contribution in [0.2, 0.25) is 5.02 Å². The van der Waals surface area contributed by atoms with Gasteiger partial charge in [-0.25, -0.2) is 0 Å². The van der Waals surface area contributed by atoms with Gasteiger partial charge in [-0.05, 0) is 48.6 Å². The summed E-state index contributed by atoms with van der Waals surface area (Å²) in [4.78, 5) is 14.7. The van der Waals surface area contributed by atoms with E-state index in [1.54, 1.807) is 0 Å². The summed E-state index contributed by atoms with van der Waals surface area (Å²) in [5.74, 6) is 0.151. The van der Waals surface area contributed by atoms with Crippen molar-refractivity contribution in [1.82, 2.24) is 4.90 Å². The zero-order valence-electron chi connectivity index (χ0n) is 17.0. The number of carbonyl (C=O) groups excluding carboxylic acids is 1. The van der Waals surface area contributed by atoms with Crippen LogP contribution in [0.4, 0.5) is 0 Å². The zero-order chi connectivity index (χ0) is 19.7. The van der Waals surface area contributed by atoms with E-state index in [1.165, 1.54) is 11.1 Å². The van der Waals surface area contributed by atoms with Gasteiger partial charge in [-0.1, -0.05) is 75.7 Å². The van der Waals surface area contributed by atoms with Gasteiger partial charge in [-0.2, -0.15) is 0 Å². The molecule has 1 heterocycles. The fourth-order valence-corrected chi connectivity index (χ4v) is 3.54. The van der Waals surface area contributed by atoms with E-state index in [-0.39, 0.29) is 11.9 Å². The number of hydrogen-bond acceptors (Lipinski definition) is 1. The molecular formula is C23H32ClNO. The number of hydrogen-bond donors (Lipinski definition) is 0. The largest absolute Gasteiger partial charge is 0.335 e. The van der Waals surface area contributed by atoms with Gasteiger partial charge in [0.15, 0.2) is 0 Å². The first-order chi connectivity index (χ1) is 12.6. The molecule has 0 saturated heterocycles. The first-order valence-corrected chi connectivity index (χ1v) is 10.1. The van der Waals surface area contributed by atoms with E-state index in [1.807, 2.05) is 63.8 Å². The summed E-state index contributed by atoms with van der Waals surface area (Å²) in [6, 6.07) is 14.3. The molecule has 0 N–H and O–H groups in total. The molecule has 2 aromatic carbocycles. The van der Waals surface area contributed by atoms with Crippen LogP contribution in [-0.4, -0.2) is 17.4 Å². The molecule has 1 atom stereocenters. The molecule has 2 aromatic rings. The summed E-state index contributed by atoms with van der Waals surface area (Å²) < 4.78 is 0. The van der Waals surface area contributed by atoms with Crippen LogP contribution < -0.4 is 0 Å². The molecule has 0 bridgehead atoms. The van der Waals surface area contributed by atoms with Gasteiger partial charge < -0.3 is 4.90 Å². The smallest absolute Gasteiger partial charge is 0.227 e. The molecule has 0 fully saturated rings. The predicted octanol–water partition coefficient (Wildman–Crippen LogP) is 6.39. The van der Waals surface area contributed by atoms with Crippen molar-refractivity contribution in [2.75, 3.05) is 6.54 Å². The maximum absolute atomic E-state index is 12.8. The number of fused-ring (bicyclic) bond motifs is 1. The van der Waals surface area contributed by atoms with E-state index in [0.717, 1.165) is 24.1 Å². The minimum atomic E-state index is 0.125. The molecular weight excluding hydrogens is 342 g/mol. The molecule has 1 aliphatic rings. The lowest BCUT2D eigenvalue weighted by Gasteiger charge is -2.35. The van der Waals surface area contributed by atoms with E-state index in [2.05, 4.69) is 25.1 Å². The second kappa shape index (κ2) is 11.0. The van der Waals surface area contributed by atoms with Crippen molar-refractivity contribution in [3.63, 3.8) is 0 Å². The monoisotopic (exact) mass is 373 g/mol. The van der Waals surface area contributed by atoms with E-state index in [0.29, 0.717) is 11.4 Å². The molecule has 142 valence electrons. The van der Waals surface area contributed by atoms with Crippen molar-refractivity contribution >= 4 is 17.5 Å². The minimum absolute atomic E-state index is 0.125. The number of rotatable bonds is 2. The minimum Gasteiger partial charge on any atom is -0.335 e. The third-order valence-electron chi connectivity index (χ3n) is 4.60. The number of amides is 1. The standard InChI is InChI=1S/C19H20ClNO.2C2H6/c1-13-6-5-9-18(20)17(13)12-19(22)21-11-10-15-7-3-4-8-16(15)14(21)2;2*1-2/h3-9,14H,10-12H2,1-2H3;2*1-2H3. The van der Waals surface area contributed by atoms with Crippen LogP contribution in [0.15, 0.2) is 42.5 Å². The van der Waals surface area contributed by atoms with Crippen LogP contribution in [0.3, 0.4) is 0 Å². The number of benzene rings is 2. The van der Waals surface area contributed by atoms with Gasteiger partial charge in [-0.3, -0.25) is 4.79 Å². The highest BCUT2D eigenvalue weighted by molar-refractivity contribution is 6.31. The van der Waals surface area contributed by atoms with Crippen molar-refractivity contribution < 1.29 is 4.79 Å². The molecule has 0 spiro atoms.